The molecule has 4 aromatic rings. The van der Waals surface area contributed by atoms with E-state index in [0.717, 1.165) is 23.2 Å². The Balaban J connectivity index is 1.43. The molecular weight excluding hydrogens is 450 g/mol. The topological polar surface area (TPSA) is 39.3 Å². The van der Waals surface area contributed by atoms with Crippen LogP contribution in [-0.2, 0) is 17.6 Å². The maximum Gasteiger partial charge on any atom is 0.251 e. The van der Waals surface area contributed by atoms with Crippen molar-refractivity contribution >= 4 is 45.7 Å². The molecule has 0 bridgehead atoms. The number of carbonyl (C=O) groups is 1. The number of aromatic amines is 1. The van der Waals surface area contributed by atoms with Crippen molar-refractivity contribution in [2.24, 2.45) is 0 Å². The number of aromatic nitrogens is 1. The minimum Gasteiger partial charge on any atom is -0.356 e. The molecule has 1 aromatic heterocycles. The van der Waals surface area contributed by atoms with Crippen molar-refractivity contribution in [2.45, 2.75) is 24.9 Å². The monoisotopic (exact) mass is 471 g/mol. The van der Waals surface area contributed by atoms with Crippen molar-refractivity contribution < 1.29 is 4.79 Å². The molecule has 2 aliphatic heterocycles. The highest BCUT2D eigenvalue weighted by molar-refractivity contribution is 7.80. The highest BCUT2D eigenvalue weighted by Crippen LogP contribution is 2.44. The molecule has 0 aliphatic carbocycles. The molecule has 33 heavy (non-hydrogen) atoms. The number of benzene rings is 3. The number of nitrogens with zero attached hydrogens (tertiary/aromatic N) is 2. The number of hydrogen-bond donors (Lipinski definition) is 1. The lowest BCUT2D eigenvalue weighted by Gasteiger charge is -2.37. The summed E-state index contributed by atoms with van der Waals surface area (Å²) in [6, 6.07) is 25.9. The van der Waals surface area contributed by atoms with Gasteiger partial charge in [-0.2, -0.15) is 0 Å². The maximum absolute atomic E-state index is 13.6. The van der Waals surface area contributed by atoms with Gasteiger partial charge in [0.15, 0.2) is 5.11 Å². The van der Waals surface area contributed by atoms with Crippen molar-refractivity contribution in [1.82, 2.24) is 14.8 Å². The van der Waals surface area contributed by atoms with E-state index in [2.05, 4.69) is 40.2 Å². The minimum absolute atomic E-state index is 0.0823. The van der Waals surface area contributed by atoms with Crippen LogP contribution >= 0.6 is 23.8 Å². The predicted molar refractivity (Wildman–Crippen MR) is 135 cm³/mol. The minimum atomic E-state index is -0.316. The van der Waals surface area contributed by atoms with Gasteiger partial charge in [0, 0.05) is 34.6 Å². The van der Waals surface area contributed by atoms with Gasteiger partial charge >= 0.3 is 0 Å². The molecule has 164 valence electrons. The number of H-pyrrole nitrogens is 1. The summed E-state index contributed by atoms with van der Waals surface area (Å²) >= 11 is 12.3. The molecule has 2 unspecified atom stereocenters. The largest absolute Gasteiger partial charge is 0.356 e. The van der Waals surface area contributed by atoms with E-state index in [4.69, 9.17) is 23.8 Å². The van der Waals surface area contributed by atoms with Crippen LogP contribution in [0.1, 0.15) is 28.4 Å². The summed E-state index contributed by atoms with van der Waals surface area (Å²) in [5.74, 6) is 0.0823. The third-order valence-corrected chi connectivity index (χ3v) is 7.43. The number of amides is 1. The normalized spacial score (nSPS) is 19.8. The van der Waals surface area contributed by atoms with E-state index in [1.807, 2.05) is 48.5 Å². The van der Waals surface area contributed by atoms with Crippen LogP contribution in [0.3, 0.4) is 0 Å². The fourth-order valence-corrected chi connectivity index (χ4v) is 5.86. The van der Waals surface area contributed by atoms with Crippen LogP contribution in [0.25, 0.3) is 10.9 Å². The molecule has 1 N–H and O–H groups in total. The molecule has 2 aliphatic rings. The standard InChI is InChI=1S/C27H22ClN3OS/c28-19-10-6-9-18(15-19)25-24-21(20-11-4-5-12-22(20)29-24)16-23-26(32)30(27(33)31(23)25)14-13-17-7-2-1-3-8-17/h1-12,15,23,25,29H,13-14,16H2. The molecule has 0 spiro atoms. The first-order valence-corrected chi connectivity index (χ1v) is 11.9. The maximum atomic E-state index is 13.6. The zero-order valence-corrected chi connectivity index (χ0v) is 19.4. The summed E-state index contributed by atoms with van der Waals surface area (Å²) in [5, 5.41) is 2.43. The van der Waals surface area contributed by atoms with Crippen LogP contribution in [0.4, 0.5) is 0 Å². The third kappa shape index (κ3) is 3.35. The Labute approximate surface area is 202 Å². The SMILES string of the molecule is O=C1C2Cc3c([nH]c4ccccc34)C(c3cccc(Cl)c3)N2C(=S)N1CCc1ccccc1. The molecule has 1 saturated heterocycles. The molecule has 1 amide bonds. The molecule has 6 rings (SSSR count). The molecule has 4 nitrogen and oxygen atoms in total. The van der Waals surface area contributed by atoms with E-state index < -0.39 is 0 Å². The Hall–Kier alpha value is -3.15. The van der Waals surface area contributed by atoms with E-state index >= 15 is 0 Å². The predicted octanol–water partition coefficient (Wildman–Crippen LogP) is 5.51. The molecule has 6 heteroatoms. The van der Waals surface area contributed by atoms with Gasteiger partial charge in [-0.25, -0.2) is 0 Å². The third-order valence-electron chi connectivity index (χ3n) is 6.77. The van der Waals surface area contributed by atoms with Gasteiger partial charge < -0.3 is 9.88 Å². The lowest BCUT2D eigenvalue weighted by atomic mass is 9.89. The number of carbonyl (C=O) groups excluding carboxylic acids is 1. The Morgan fingerprint density at radius 1 is 1.00 bits per heavy atom. The summed E-state index contributed by atoms with van der Waals surface area (Å²) in [6.07, 6.45) is 1.40. The second-order valence-corrected chi connectivity index (χ2v) is 9.46. The van der Waals surface area contributed by atoms with Gasteiger partial charge in [0.25, 0.3) is 5.91 Å². The molecule has 3 heterocycles. The van der Waals surface area contributed by atoms with E-state index in [-0.39, 0.29) is 18.0 Å². The van der Waals surface area contributed by atoms with Crippen molar-refractivity contribution in [3.05, 3.63) is 106 Å². The van der Waals surface area contributed by atoms with Crippen LogP contribution in [0.15, 0.2) is 78.9 Å². The highest BCUT2D eigenvalue weighted by atomic mass is 35.5. The van der Waals surface area contributed by atoms with E-state index in [9.17, 15) is 4.79 Å². The Morgan fingerprint density at radius 3 is 2.61 bits per heavy atom. The summed E-state index contributed by atoms with van der Waals surface area (Å²) in [4.78, 5) is 21.2. The zero-order valence-electron chi connectivity index (χ0n) is 17.9. The highest BCUT2D eigenvalue weighted by Gasteiger charge is 2.50. The number of para-hydroxylation sites is 1. The van der Waals surface area contributed by atoms with Crippen molar-refractivity contribution in [1.29, 1.82) is 0 Å². The fraction of sp³-hybridized carbons (Fsp3) is 0.185. The fourth-order valence-electron chi connectivity index (χ4n) is 5.24. The average Bonchev–Trinajstić information content (AvgIpc) is 3.32. The summed E-state index contributed by atoms with van der Waals surface area (Å²) in [5.41, 5.74) is 5.59. The molecule has 1 fully saturated rings. The zero-order chi connectivity index (χ0) is 22.5. The second-order valence-electron chi connectivity index (χ2n) is 8.66. The quantitative estimate of drug-likeness (QED) is 0.399. The first kappa shape index (κ1) is 20.5. The Morgan fingerprint density at radius 2 is 1.79 bits per heavy atom. The number of nitrogens with one attached hydrogen (secondary N) is 1. The first-order chi connectivity index (χ1) is 16.1. The molecule has 3 aromatic carbocycles. The average molecular weight is 472 g/mol. The number of rotatable bonds is 4. The van der Waals surface area contributed by atoms with Gasteiger partial charge in [-0.3, -0.25) is 9.69 Å². The Bertz CT molecular complexity index is 1380. The number of fused-ring (bicyclic) bond motifs is 4. The number of thiocarbonyl (C=S) groups is 1. The van der Waals surface area contributed by atoms with E-state index in [0.29, 0.717) is 23.1 Å². The van der Waals surface area contributed by atoms with E-state index in [1.54, 1.807) is 4.90 Å². The van der Waals surface area contributed by atoms with Gasteiger partial charge in [0.05, 0.1) is 6.04 Å². The van der Waals surface area contributed by atoms with Crippen molar-refractivity contribution in [3.63, 3.8) is 0 Å². The van der Waals surface area contributed by atoms with Crippen LogP contribution in [0.5, 0.6) is 0 Å². The molecular formula is C27H22ClN3OS. The van der Waals surface area contributed by atoms with Gasteiger partial charge in [0.1, 0.15) is 6.04 Å². The summed E-state index contributed by atoms with van der Waals surface area (Å²) in [7, 11) is 0. The van der Waals surface area contributed by atoms with Gasteiger partial charge in [-0.1, -0.05) is 72.3 Å². The number of hydrogen-bond acceptors (Lipinski definition) is 2. The molecule has 2 atom stereocenters. The van der Waals surface area contributed by atoms with E-state index in [1.165, 1.54) is 16.5 Å². The number of halogens is 1. The lowest BCUT2D eigenvalue weighted by molar-refractivity contribution is -0.128. The first-order valence-electron chi connectivity index (χ1n) is 11.1. The van der Waals surface area contributed by atoms with Gasteiger partial charge in [-0.05, 0) is 53.5 Å². The second kappa shape index (κ2) is 8.01. The Kier molecular flexibility index (Phi) is 4.97. The summed E-state index contributed by atoms with van der Waals surface area (Å²) < 4.78 is 0. The van der Waals surface area contributed by atoms with Crippen molar-refractivity contribution in [3.8, 4) is 0 Å². The smallest absolute Gasteiger partial charge is 0.251 e. The van der Waals surface area contributed by atoms with Gasteiger partial charge in [0.2, 0.25) is 0 Å². The van der Waals surface area contributed by atoms with Gasteiger partial charge in [-0.15, -0.1) is 0 Å². The van der Waals surface area contributed by atoms with Crippen LogP contribution in [-0.4, -0.2) is 38.4 Å². The lowest BCUT2D eigenvalue weighted by Crippen LogP contribution is -2.44. The van der Waals surface area contributed by atoms with Crippen LogP contribution in [0.2, 0.25) is 5.02 Å². The van der Waals surface area contributed by atoms with Crippen molar-refractivity contribution in [2.75, 3.05) is 6.54 Å². The summed E-state index contributed by atoms with van der Waals surface area (Å²) in [6.45, 7) is 0.575. The van der Waals surface area contributed by atoms with Crippen LogP contribution in [0, 0.1) is 0 Å². The molecule has 0 radical (unpaired) electrons. The molecule has 0 saturated carbocycles. The van der Waals surface area contributed by atoms with Crippen LogP contribution < -0.4 is 0 Å².